The summed E-state index contributed by atoms with van der Waals surface area (Å²) in [5, 5.41) is 0. The van der Waals surface area contributed by atoms with E-state index in [0.29, 0.717) is 4.83 Å². The summed E-state index contributed by atoms with van der Waals surface area (Å²) in [6.45, 7) is 0. The Kier molecular flexibility index (Phi) is 1.74. The molecule has 58 valence electrons. The van der Waals surface area contributed by atoms with E-state index >= 15 is 0 Å². The van der Waals surface area contributed by atoms with E-state index < -0.39 is 0 Å². The number of fused-ring (bicyclic) bond motifs is 1. The third kappa shape index (κ3) is 1.10. The second kappa shape index (κ2) is 2.61. The van der Waals surface area contributed by atoms with Crippen molar-refractivity contribution < 1.29 is 0 Å². The molecule has 0 saturated heterocycles. The van der Waals surface area contributed by atoms with Gasteiger partial charge in [0.1, 0.15) is 0 Å². The molecule has 0 bridgehead atoms. The van der Waals surface area contributed by atoms with E-state index in [1.807, 2.05) is 6.07 Å². The fourth-order valence-electron chi connectivity index (χ4n) is 1.58. The van der Waals surface area contributed by atoms with Gasteiger partial charge in [-0.2, -0.15) is 0 Å². The molecule has 0 amide bonds. The molecule has 0 heterocycles. The average Bonchev–Trinajstić information content (AvgIpc) is 2.30. The van der Waals surface area contributed by atoms with Gasteiger partial charge in [-0.1, -0.05) is 40.2 Å². The van der Waals surface area contributed by atoms with Crippen LogP contribution in [-0.4, -0.2) is 4.83 Å². The summed E-state index contributed by atoms with van der Waals surface area (Å²) in [5.74, 6) is 0. The Balaban J connectivity index is 2.47. The van der Waals surface area contributed by atoms with Gasteiger partial charge in [-0.05, 0) is 17.5 Å². The molecular weight excluding hydrogens is 202 g/mol. The molecule has 1 aliphatic rings. The third-order valence-electron chi connectivity index (χ3n) is 2.22. The van der Waals surface area contributed by atoms with Crippen LogP contribution in [0.2, 0.25) is 0 Å². The Morgan fingerprint density at radius 1 is 1.36 bits per heavy atom. The minimum absolute atomic E-state index is 0.186. The summed E-state index contributed by atoms with van der Waals surface area (Å²) in [5.41, 5.74) is 8.63. The van der Waals surface area contributed by atoms with Gasteiger partial charge in [0.05, 0.1) is 0 Å². The smallest absolute Gasteiger partial charge is 0.0427 e. The Bertz CT molecular complexity index is 272. The van der Waals surface area contributed by atoms with Gasteiger partial charge in [-0.15, -0.1) is 0 Å². The van der Waals surface area contributed by atoms with Crippen molar-refractivity contribution >= 4 is 15.9 Å². The van der Waals surface area contributed by atoms with Crippen molar-refractivity contribution in [1.82, 2.24) is 0 Å². The predicted molar refractivity (Wildman–Crippen MR) is 49.8 cm³/mol. The third-order valence-corrected chi connectivity index (χ3v) is 3.11. The first-order chi connectivity index (χ1) is 5.29. The van der Waals surface area contributed by atoms with Crippen LogP contribution in [-0.2, 0) is 6.42 Å². The summed E-state index contributed by atoms with van der Waals surface area (Å²) in [6, 6.07) is 8.56. The molecule has 0 fully saturated rings. The number of benzene rings is 1. The molecular formula is C9H10BrN. The van der Waals surface area contributed by atoms with Crippen molar-refractivity contribution in [3.8, 4) is 0 Å². The Hall–Kier alpha value is -0.340. The molecule has 0 unspecified atom stereocenters. The highest BCUT2D eigenvalue weighted by Crippen LogP contribution is 2.33. The lowest BCUT2D eigenvalue weighted by molar-refractivity contribution is 0.742. The number of halogens is 1. The molecule has 1 aromatic carbocycles. The molecule has 0 aliphatic heterocycles. The van der Waals surface area contributed by atoms with Gasteiger partial charge in [-0.25, -0.2) is 0 Å². The first kappa shape index (κ1) is 7.32. The molecule has 11 heavy (non-hydrogen) atoms. The lowest BCUT2D eigenvalue weighted by Gasteiger charge is -2.06. The summed E-state index contributed by atoms with van der Waals surface area (Å²) >= 11 is 3.56. The Morgan fingerprint density at radius 3 is 2.82 bits per heavy atom. The van der Waals surface area contributed by atoms with Crippen LogP contribution in [0, 0.1) is 0 Å². The quantitative estimate of drug-likeness (QED) is 0.654. The summed E-state index contributed by atoms with van der Waals surface area (Å²) in [7, 11) is 0. The van der Waals surface area contributed by atoms with Crippen LogP contribution in [0.1, 0.15) is 17.2 Å². The normalized spacial score (nSPS) is 28.5. The summed E-state index contributed by atoms with van der Waals surface area (Å²) in [4.78, 5) is 0.430. The van der Waals surface area contributed by atoms with Gasteiger partial charge in [0.15, 0.2) is 0 Å². The maximum Gasteiger partial charge on any atom is 0.0427 e. The largest absolute Gasteiger partial charge is 0.323 e. The number of hydrogen-bond acceptors (Lipinski definition) is 1. The standard InChI is InChI=1S/C9H10BrN/c10-8-5-6-3-1-2-4-7(6)9(8)11/h1-4,8-9H,5,11H2/t8-,9+/m1/s1. The molecule has 1 aliphatic carbocycles. The maximum absolute atomic E-state index is 5.94. The molecule has 2 heteroatoms. The minimum atomic E-state index is 0.186. The lowest BCUT2D eigenvalue weighted by Crippen LogP contribution is -2.15. The summed E-state index contributed by atoms with van der Waals surface area (Å²) in [6.07, 6.45) is 1.07. The fourth-order valence-corrected chi connectivity index (χ4v) is 2.21. The monoisotopic (exact) mass is 211 g/mol. The number of hydrogen-bond donors (Lipinski definition) is 1. The van der Waals surface area contributed by atoms with Gasteiger partial charge in [0.25, 0.3) is 0 Å². The first-order valence-corrected chi connectivity index (χ1v) is 4.68. The van der Waals surface area contributed by atoms with Crippen LogP contribution in [0.5, 0.6) is 0 Å². The van der Waals surface area contributed by atoms with Gasteiger partial charge in [0, 0.05) is 10.9 Å². The average molecular weight is 212 g/mol. The van der Waals surface area contributed by atoms with Crippen LogP contribution in [0.4, 0.5) is 0 Å². The molecule has 0 saturated carbocycles. The highest BCUT2D eigenvalue weighted by atomic mass is 79.9. The van der Waals surface area contributed by atoms with Crippen LogP contribution < -0.4 is 5.73 Å². The fraction of sp³-hybridized carbons (Fsp3) is 0.333. The van der Waals surface area contributed by atoms with Gasteiger partial charge in [0.2, 0.25) is 0 Å². The predicted octanol–water partition coefficient (Wildman–Crippen LogP) is 2.01. The second-order valence-corrected chi connectivity index (χ2v) is 4.12. The van der Waals surface area contributed by atoms with Crippen molar-refractivity contribution in [3.63, 3.8) is 0 Å². The van der Waals surface area contributed by atoms with E-state index in [0.717, 1.165) is 6.42 Å². The first-order valence-electron chi connectivity index (χ1n) is 3.76. The highest BCUT2D eigenvalue weighted by molar-refractivity contribution is 9.09. The van der Waals surface area contributed by atoms with E-state index in [2.05, 4.69) is 34.1 Å². The molecule has 0 radical (unpaired) electrons. The van der Waals surface area contributed by atoms with E-state index in [1.165, 1.54) is 11.1 Å². The van der Waals surface area contributed by atoms with E-state index in [9.17, 15) is 0 Å². The number of alkyl halides is 1. The van der Waals surface area contributed by atoms with Gasteiger partial charge >= 0.3 is 0 Å². The van der Waals surface area contributed by atoms with Gasteiger partial charge in [-0.3, -0.25) is 0 Å². The van der Waals surface area contributed by atoms with Crippen molar-refractivity contribution in [2.45, 2.75) is 17.3 Å². The maximum atomic E-state index is 5.94. The summed E-state index contributed by atoms with van der Waals surface area (Å²) < 4.78 is 0. The Labute approximate surface area is 74.7 Å². The number of nitrogens with two attached hydrogens (primary N) is 1. The highest BCUT2D eigenvalue weighted by Gasteiger charge is 2.26. The zero-order chi connectivity index (χ0) is 7.84. The SMILES string of the molecule is N[C@H]1c2ccccc2C[C@H]1Br. The van der Waals surface area contributed by atoms with Crippen molar-refractivity contribution in [2.75, 3.05) is 0 Å². The molecule has 0 spiro atoms. The zero-order valence-electron chi connectivity index (χ0n) is 6.13. The second-order valence-electron chi connectivity index (χ2n) is 2.94. The van der Waals surface area contributed by atoms with Crippen LogP contribution >= 0.6 is 15.9 Å². The molecule has 2 atom stereocenters. The molecule has 0 aromatic heterocycles. The van der Waals surface area contributed by atoms with E-state index in [4.69, 9.17) is 5.73 Å². The molecule has 1 aromatic rings. The van der Waals surface area contributed by atoms with E-state index in [1.54, 1.807) is 0 Å². The van der Waals surface area contributed by atoms with Crippen LogP contribution in [0.25, 0.3) is 0 Å². The molecule has 2 rings (SSSR count). The van der Waals surface area contributed by atoms with Crippen molar-refractivity contribution in [3.05, 3.63) is 35.4 Å². The van der Waals surface area contributed by atoms with Crippen LogP contribution in [0.3, 0.4) is 0 Å². The molecule has 1 nitrogen and oxygen atoms in total. The van der Waals surface area contributed by atoms with Crippen molar-refractivity contribution in [2.24, 2.45) is 5.73 Å². The van der Waals surface area contributed by atoms with Gasteiger partial charge < -0.3 is 5.73 Å². The topological polar surface area (TPSA) is 26.0 Å². The molecule has 2 N–H and O–H groups in total. The number of rotatable bonds is 0. The Morgan fingerprint density at radius 2 is 2.09 bits per heavy atom. The lowest BCUT2D eigenvalue weighted by atomic mass is 10.1. The minimum Gasteiger partial charge on any atom is -0.323 e. The van der Waals surface area contributed by atoms with Crippen LogP contribution in [0.15, 0.2) is 24.3 Å². The van der Waals surface area contributed by atoms with Crippen molar-refractivity contribution in [1.29, 1.82) is 0 Å². The zero-order valence-corrected chi connectivity index (χ0v) is 7.71. The van der Waals surface area contributed by atoms with E-state index in [-0.39, 0.29) is 6.04 Å².